The largest absolute Gasteiger partial charge is 0.480 e. The molecule has 2 atom stereocenters. The molecule has 17 heavy (non-hydrogen) atoms. The third kappa shape index (κ3) is 4.99. The number of nitrogens with one attached hydrogen (secondary N) is 1. The van der Waals surface area contributed by atoms with Crippen LogP contribution in [-0.2, 0) is 14.3 Å². The first kappa shape index (κ1) is 13.7. The van der Waals surface area contributed by atoms with Crippen LogP contribution >= 0.6 is 0 Å². The van der Waals surface area contributed by atoms with Crippen LogP contribution in [0.5, 0.6) is 0 Å². The molecule has 0 radical (unpaired) electrons. The maximum atomic E-state index is 11.6. The van der Waals surface area contributed by atoms with E-state index >= 15 is 0 Å². The van der Waals surface area contributed by atoms with Crippen LogP contribution in [0.4, 0.5) is 0 Å². The molecule has 0 aromatic rings. The van der Waals surface area contributed by atoms with E-state index in [-0.39, 0.29) is 24.9 Å². The van der Waals surface area contributed by atoms with Gasteiger partial charge < -0.3 is 15.2 Å². The molecule has 5 nitrogen and oxygen atoms in total. The molecule has 1 amide bonds. The van der Waals surface area contributed by atoms with E-state index in [1.165, 1.54) is 6.08 Å². The first-order valence-corrected chi connectivity index (χ1v) is 5.88. The number of ether oxygens (including phenoxy) is 1. The fraction of sp³-hybridized carbons (Fsp3) is 0.667. The van der Waals surface area contributed by atoms with E-state index in [0.717, 1.165) is 19.3 Å². The van der Waals surface area contributed by atoms with Crippen LogP contribution in [0, 0.1) is 0 Å². The van der Waals surface area contributed by atoms with Gasteiger partial charge in [-0.1, -0.05) is 6.08 Å². The number of carbonyl (C=O) groups excluding carboxylic acids is 1. The van der Waals surface area contributed by atoms with Gasteiger partial charge in [-0.05, 0) is 25.7 Å². The zero-order valence-electron chi connectivity index (χ0n) is 9.85. The van der Waals surface area contributed by atoms with Crippen molar-refractivity contribution in [3.8, 4) is 0 Å². The summed E-state index contributed by atoms with van der Waals surface area (Å²) in [7, 11) is 0. The fourth-order valence-corrected chi connectivity index (χ4v) is 1.82. The first-order valence-electron chi connectivity index (χ1n) is 5.88. The van der Waals surface area contributed by atoms with Crippen LogP contribution in [0.3, 0.4) is 0 Å². The molecule has 96 valence electrons. The highest BCUT2D eigenvalue weighted by Gasteiger charge is 2.22. The van der Waals surface area contributed by atoms with Crippen molar-refractivity contribution in [3.63, 3.8) is 0 Å². The Kier molecular flexibility index (Phi) is 5.69. The van der Waals surface area contributed by atoms with Crippen molar-refractivity contribution in [1.82, 2.24) is 5.32 Å². The van der Waals surface area contributed by atoms with Crippen LogP contribution in [0.1, 0.15) is 32.1 Å². The Bertz CT molecular complexity index is 284. The maximum absolute atomic E-state index is 11.6. The molecule has 0 spiro atoms. The molecule has 2 N–H and O–H groups in total. The lowest BCUT2D eigenvalue weighted by atomic mass is 10.1. The molecule has 1 rings (SSSR count). The third-order valence-corrected chi connectivity index (χ3v) is 2.72. The van der Waals surface area contributed by atoms with E-state index in [4.69, 9.17) is 9.84 Å². The molecule has 2 unspecified atom stereocenters. The van der Waals surface area contributed by atoms with Crippen molar-refractivity contribution in [2.24, 2.45) is 0 Å². The van der Waals surface area contributed by atoms with E-state index in [0.29, 0.717) is 6.61 Å². The average molecular weight is 241 g/mol. The van der Waals surface area contributed by atoms with Gasteiger partial charge in [0.05, 0.1) is 12.5 Å². The molecule has 1 aliphatic heterocycles. The van der Waals surface area contributed by atoms with Crippen molar-refractivity contribution < 1.29 is 19.4 Å². The number of aliphatic carboxylic acids is 1. The van der Waals surface area contributed by atoms with Crippen LogP contribution in [0.2, 0.25) is 0 Å². The number of hydrogen-bond acceptors (Lipinski definition) is 3. The van der Waals surface area contributed by atoms with Crippen LogP contribution < -0.4 is 5.32 Å². The van der Waals surface area contributed by atoms with E-state index in [9.17, 15) is 9.59 Å². The standard InChI is InChI=1S/C12H19NO4/c1-2-5-10(12(15)16)13-11(14)8-9-6-3-4-7-17-9/h2,9-10H,1,3-8H2,(H,13,14)(H,15,16). The normalized spacial score (nSPS) is 21.5. The van der Waals surface area contributed by atoms with Crippen molar-refractivity contribution in [1.29, 1.82) is 0 Å². The second kappa shape index (κ2) is 7.06. The quantitative estimate of drug-likeness (QED) is 0.682. The van der Waals surface area contributed by atoms with Gasteiger partial charge in [0.1, 0.15) is 6.04 Å². The maximum Gasteiger partial charge on any atom is 0.326 e. The van der Waals surface area contributed by atoms with Crippen molar-refractivity contribution in [2.75, 3.05) is 6.61 Å². The molecule has 0 aromatic heterocycles. The summed E-state index contributed by atoms with van der Waals surface area (Å²) in [5.74, 6) is -1.31. The smallest absolute Gasteiger partial charge is 0.326 e. The van der Waals surface area contributed by atoms with Gasteiger partial charge >= 0.3 is 5.97 Å². The average Bonchev–Trinajstić information content (AvgIpc) is 2.29. The summed E-state index contributed by atoms with van der Waals surface area (Å²) in [6.07, 6.45) is 4.84. The Hall–Kier alpha value is -1.36. The molecular weight excluding hydrogens is 222 g/mol. The zero-order chi connectivity index (χ0) is 12.7. The minimum Gasteiger partial charge on any atom is -0.480 e. The molecule has 1 heterocycles. The third-order valence-electron chi connectivity index (χ3n) is 2.72. The number of hydrogen-bond donors (Lipinski definition) is 2. The van der Waals surface area contributed by atoms with Crippen molar-refractivity contribution in [2.45, 2.75) is 44.2 Å². The number of carboxylic acids is 1. The predicted octanol–water partition coefficient (Wildman–Crippen LogP) is 1.09. The minimum atomic E-state index is -1.04. The number of amides is 1. The molecule has 1 saturated heterocycles. The summed E-state index contributed by atoms with van der Waals surface area (Å²) in [4.78, 5) is 22.4. The van der Waals surface area contributed by atoms with Gasteiger partial charge in [0.2, 0.25) is 5.91 Å². The van der Waals surface area contributed by atoms with Crippen molar-refractivity contribution >= 4 is 11.9 Å². The lowest BCUT2D eigenvalue weighted by Gasteiger charge is -2.22. The number of carboxylic acid groups (broad SMARTS) is 1. The lowest BCUT2D eigenvalue weighted by molar-refractivity contribution is -0.142. The highest BCUT2D eigenvalue weighted by molar-refractivity contribution is 5.83. The summed E-state index contributed by atoms with van der Waals surface area (Å²) >= 11 is 0. The molecule has 0 aromatic carbocycles. The Labute approximate surface area is 101 Å². The Morgan fingerprint density at radius 2 is 2.29 bits per heavy atom. The van der Waals surface area contributed by atoms with E-state index in [1.54, 1.807) is 0 Å². The molecule has 5 heteroatoms. The summed E-state index contributed by atoms with van der Waals surface area (Å²) in [6, 6.07) is -0.886. The van der Waals surface area contributed by atoms with E-state index in [1.807, 2.05) is 0 Å². The summed E-state index contributed by atoms with van der Waals surface area (Å²) < 4.78 is 5.42. The molecule has 1 aliphatic rings. The Balaban J connectivity index is 2.35. The molecular formula is C12H19NO4. The molecule has 1 fully saturated rings. The van der Waals surface area contributed by atoms with Gasteiger partial charge in [0.25, 0.3) is 0 Å². The Morgan fingerprint density at radius 1 is 1.53 bits per heavy atom. The van der Waals surface area contributed by atoms with Crippen molar-refractivity contribution in [3.05, 3.63) is 12.7 Å². The summed E-state index contributed by atoms with van der Waals surface area (Å²) in [6.45, 7) is 4.15. The van der Waals surface area contributed by atoms with Crippen LogP contribution in [0.25, 0.3) is 0 Å². The highest BCUT2D eigenvalue weighted by Crippen LogP contribution is 2.15. The molecule has 0 bridgehead atoms. The monoisotopic (exact) mass is 241 g/mol. The SMILES string of the molecule is C=CCC(NC(=O)CC1CCCCO1)C(=O)O. The molecule has 0 saturated carbocycles. The minimum absolute atomic E-state index is 0.0677. The zero-order valence-corrected chi connectivity index (χ0v) is 9.85. The van der Waals surface area contributed by atoms with Gasteiger partial charge in [-0.25, -0.2) is 4.79 Å². The predicted molar refractivity (Wildman–Crippen MR) is 62.6 cm³/mol. The van der Waals surface area contributed by atoms with Gasteiger partial charge in [-0.15, -0.1) is 6.58 Å². The number of carbonyl (C=O) groups is 2. The topological polar surface area (TPSA) is 75.6 Å². The van der Waals surface area contributed by atoms with E-state index in [2.05, 4.69) is 11.9 Å². The van der Waals surface area contributed by atoms with Gasteiger partial charge in [-0.3, -0.25) is 4.79 Å². The molecule has 0 aliphatic carbocycles. The van der Waals surface area contributed by atoms with Crippen LogP contribution in [0.15, 0.2) is 12.7 Å². The van der Waals surface area contributed by atoms with E-state index < -0.39 is 12.0 Å². The summed E-state index contributed by atoms with van der Waals surface area (Å²) in [5.41, 5.74) is 0. The second-order valence-electron chi connectivity index (χ2n) is 4.18. The van der Waals surface area contributed by atoms with Gasteiger partial charge in [0, 0.05) is 6.61 Å². The van der Waals surface area contributed by atoms with Gasteiger partial charge in [0.15, 0.2) is 0 Å². The first-order chi connectivity index (χ1) is 8.13. The lowest BCUT2D eigenvalue weighted by Crippen LogP contribution is -2.42. The highest BCUT2D eigenvalue weighted by atomic mass is 16.5. The summed E-state index contributed by atoms with van der Waals surface area (Å²) in [5, 5.41) is 11.3. The number of rotatable bonds is 6. The second-order valence-corrected chi connectivity index (χ2v) is 4.18. The van der Waals surface area contributed by atoms with Gasteiger partial charge in [-0.2, -0.15) is 0 Å². The van der Waals surface area contributed by atoms with Crippen LogP contribution in [-0.4, -0.2) is 35.7 Å². The Morgan fingerprint density at radius 3 is 2.82 bits per heavy atom. The fourth-order valence-electron chi connectivity index (χ4n) is 1.82.